The number of alkyl halides is 3. The highest BCUT2D eigenvalue weighted by Gasteiger charge is 2.62. The summed E-state index contributed by atoms with van der Waals surface area (Å²) in [4.78, 5) is 35.6. The van der Waals surface area contributed by atoms with E-state index in [-0.39, 0.29) is 35.4 Å². The molecule has 1 unspecified atom stereocenters. The van der Waals surface area contributed by atoms with E-state index in [1.54, 1.807) is 0 Å². The van der Waals surface area contributed by atoms with Crippen LogP contribution in [0, 0.1) is 0 Å². The molecule has 33 heavy (non-hydrogen) atoms. The van der Waals surface area contributed by atoms with E-state index in [9.17, 15) is 22.8 Å². The van der Waals surface area contributed by atoms with Crippen molar-refractivity contribution < 1.29 is 27.5 Å². The van der Waals surface area contributed by atoms with Crippen molar-refractivity contribution in [2.75, 3.05) is 11.4 Å². The number of carbonyl (C=O) groups excluding carboxylic acids is 2. The molecule has 1 aromatic carbocycles. The lowest BCUT2D eigenvalue weighted by atomic mass is 9.87. The van der Waals surface area contributed by atoms with Gasteiger partial charge < -0.3 is 9.64 Å². The van der Waals surface area contributed by atoms with Crippen molar-refractivity contribution in [1.82, 2.24) is 9.88 Å². The Morgan fingerprint density at radius 3 is 2.42 bits per heavy atom. The van der Waals surface area contributed by atoms with Crippen molar-refractivity contribution in [3.63, 3.8) is 0 Å². The Morgan fingerprint density at radius 1 is 1.21 bits per heavy atom. The Bertz CT molecular complexity index is 1150. The second kappa shape index (κ2) is 8.29. The molecule has 2 aliphatic heterocycles. The highest BCUT2D eigenvalue weighted by molar-refractivity contribution is 6.33. The quantitative estimate of drug-likeness (QED) is 0.186. The van der Waals surface area contributed by atoms with E-state index in [1.807, 2.05) is 0 Å². The molecule has 2 atom stereocenters. The molecule has 3 heterocycles. The zero-order chi connectivity index (χ0) is 24.0. The van der Waals surface area contributed by atoms with E-state index in [0.29, 0.717) is 5.56 Å². The molecule has 2 fully saturated rings. The van der Waals surface area contributed by atoms with Crippen molar-refractivity contribution in [3.05, 3.63) is 62.7 Å². The van der Waals surface area contributed by atoms with Crippen LogP contribution in [0.1, 0.15) is 12.0 Å². The lowest BCUT2D eigenvalue weighted by Gasteiger charge is -2.28. The smallest absolute Gasteiger partial charge is 0.406 e. The summed E-state index contributed by atoms with van der Waals surface area (Å²) < 4.78 is 41.2. The van der Waals surface area contributed by atoms with Crippen LogP contribution in [-0.4, -0.2) is 46.3 Å². The van der Waals surface area contributed by atoms with E-state index in [1.165, 1.54) is 29.2 Å². The van der Waals surface area contributed by atoms with Crippen LogP contribution in [0.4, 0.5) is 23.7 Å². The Hall–Kier alpha value is -3.21. The van der Waals surface area contributed by atoms with Gasteiger partial charge in [0.1, 0.15) is 21.6 Å². The second-order valence-corrected chi connectivity index (χ2v) is 8.24. The van der Waals surface area contributed by atoms with Gasteiger partial charge in [0.2, 0.25) is 0 Å². The summed E-state index contributed by atoms with van der Waals surface area (Å²) in [6.45, 7) is -0.00699. The van der Waals surface area contributed by atoms with Gasteiger partial charge in [-0.25, -0.2) is 14.7 Å². The van der Waals surface area contributed by atoms with Gasteiger partial charge in [-0.15, -0.1) is 13.2 Å². The van der Waals surface area contributed by atoms with Crippen LogP contribution < -0.4 is 9.64 Å². The molecule has 9 nitrogen and oxygen atoms in total. The van der Waals surface area contributed by atoms with Gasteiger partial charge in [0.05, 0.1) is 11.7 Å². The van der Waals surface area contributed by atoms with Gasteiger partial charge in [-0.3, -0.25) is 4.79 Å². The number of nitrogens with zero attached hydrogens (tertiary/aromatic N) is 6. The molecule has 2 saturated heterocycles. The van der Waals surface area contributed by atoms with Crippen molar-refractivity contribution in [2.24, 2.45) is 5.11 Å². The zero-order valence-electron chi connectivity index (χ0n) is 16.5. The number of benzene rings is 1. The van der Waals surface area contributed by atoms with Crippen LogP contribution in [0.15, 0.2) is 41.5 Å². The number of carbonyl (C=O) groups is 2. The maximum absolute atomic E-state index is 13.6. The molecule has 1 aromatic heterocycles. The van der Waals surface area contributed by atoms with Crippen molar-refractivity contribution in [2.45, 2.75) is 30.8 Å². The van der Waals surface area contributed by atoms with E-state index in [4.69, 9.17) is 28.7 Å². The fourth-order valence-electron chi connectivity index (χ4n) is 4.18. The summed E-state index contributed by atoms with van der Waals surface area (Å²) in [5, 5.41) is 3.62. The monoisotopic (exact) mass is 500 g/mol. The standard InChI is InChI=1S/C19H13Cl2F3N6O3/c20-14-5-12(6-15(21)26-14)30-16(31)18(8-11(27-28-25)9-29(18)17(30)32)7-10-1-3-13(4-2-10)33-19(22,23)24/h1-6,11H,7-9H2/t11?,18-/m1/s1. The summed E-state index contributed by atoms with van der Waals surface area (Å²) in [6.07, 6.45) is -4.83. The topological polar surface area (TPSA) is 112 Å². The van der Waals surface area contributed by atoms with Gasteiger partial charge in [-0.2, -0.15) is 0 Å². The number of imide groups is 1. The zero-order valence-corrected chi connectivity index (χ0v) is 18.0. The number of amides is 3. The minimum atomic E-state index is -4.84. The fraction of sp³-hybridized carbons (Fsp3) is 0.316. The van der Waals surface area contributed by atoms with Gasteiger partial charge in [-0.1, -0.05) is 40.4 Å². The van der Waals surface area contributed by atoms with Crippen LogP contribution >= 0.6 is 23.2 Å². The minimum absolute atomic E-state index is 0.00699. The summed E-state index contributed by atoms with van der Waals surface area (Å²) in [6, 6.07) is 6.29. The lowest BCUT2D eigenvalue weighted by molar-refractivity contribution is -0.274. The number of aromatic nitrogens is 1. The second-order valence-electron chi connectivity index (χ2n) is 7.47. The first kappa shape index (κ1) is 23.0. The third-order valence-corrected chi connectivity index (χ3v) is 5.77. The predicted octanol–water partition coefficient (Wildman–Crippen LogP) is 5.12. The van der Waals surface area contributed by atoms with Gasteiger partial charge >= 0.3 is 12.4 Å². The number of halogens is 5. The Kier molecular flexibility index (Phi) is 5.77. The molecule has 2 aliphatic rings. The summed E-state index contributed by atoms with van der Waals surface area (Å²) in [5.74, 6) is -1.02. The molecule has 3 amide bonds. The van der Waals surface area contributed by atoms with Crippen molar-refractivity contribution >= 4 is 40.8 Å². The maximum atomic E-state index is 13.6. The van der Waals surface area contributed by atoms with Gasteiger partial charge in [0, 0.05) is 17.9 Å². The van der Waals surface area contributed by atoms with Crippen LogP contribution in [0.3, 0.4) is 0 Å². The Labute approximate surface area is 194 Å². The summed E-state index contributed by atoms with van der Waals surface area (Å²) >= 11 is 11.9. The highest BCUT2D eigenvalue weighted by atomic mass is 35.5. The van der Waals surface area contributed by atoms with Crippen LogP contribution in [0.2, 0.25) is 10.3 Å². The molecule has 0 N–H and O–H groups in total. The van der Waals surface area contributed by atoms with Gasteiger partial charge in [0.25, 0.3) is 5.91 Å². The first-order valence-electron chi connectivity index (χ1n) is 9.40. The van der Waals surface area contributed by atoms with Crippen LogP contribution in [0.25, 0.3) is 10.4 Å². The highest BCUT2D eigenvalue weighted by Crippen LogP contribution is 2.43. The molecule has 0 radical (unpaired) electrons. The third-order valence-electron chi connectivity index (χ3n) is 5.38. The molecule has 0 bridgehead atoms. The molecule has 0 spiro atoms. The fourth-order valence-corrected chi connectivity index (χ4v) is 4.63. The van der Waals surface area contributed by atoms with E-state index >= 15 is 0 Å². The first-order chi connectivity index (χ1) is 15.5. The number of hydrogen-bond donors (Lipinski definition) is 0. The number of urea groups is 1. The lowest BCUT2D eigenvalue weighted by Crippen LogP contribution is -2.47. The molecule has 0 saturated carbocycles. The van der Waals surface area contributed by atoms with Crippen molar-refractivity contribution in [3.8, 4) is 5.75 Å². The van der Waals surface area contributed by atoms with Crippen LogP contribution in [0.5, 0.6) is 5.75 Å². The van der Waals surface area contributed by atoms with E-state index in [2.05, 4.69) is 19.7 Å². The number of hydrogen-bond acceptors (Lipinski definition) is 5. The van der Waals surface area contributed by atoms with Gasteiger partial charge in [-0.05, 0) is 41.8 Å². The molecule has 2 aromatic rings. The molecule has 4 rings (SSSR count). The first-order valence-corrected chi connectivity index (χ1v) is 10.2. The molecular formula is C19H13Cl2F3N6O3. The predicted molar refractivity (Wildman–Crippen MR) is 111 cm³/mol. The Balaban J connectivity index is 1.70. The average Bonchev–Trinajstić information content (AvgIpc) is 3.15. The Morgan fingerprint density at radius 2 is 1.85 bits per heavy atom. The number of fused-ring (bicyclic) bond motifs is 1. The average molecular weight is 501 g/mol. The summed E-state index contributed by atoms with van der Waals surface area (Å²) in [7, 11) is 0. The maximum Gasteiger partial charge on any atom is 0.573 e. The summed E-state index contributed by atoms with van der Waals surface area (Å²) in [5.41, 5.74) is 8.02. The van der Waals surface area contributed by atoms with Crippen LogP contribution in [-0.2, 0) is 11.2 Å². The minimum Gasteiger partial charge on any atom is -0.406 e. The van der Waals surface area contributed by atoms with Crippen molar-refractivity contribution in [1.29, 1.82) is 0 Å². The van der Waals surface area contributed by atoms with Gasteiger partial charge in [0.15, 0.2) is 0 Å². The normalized spacial score (nSPS) is 22.4. The molecular weight excluding hydrogens is 488 g/mol. The van der Waals surface area contributed by atoms with E-state index < -0.39 is 35.6 Å². The molecule has 14 heteroatoms. The SMILES string of the molecule is [N-]=[N+]=NC1CN2C(=O)N(c3cc(Cl)nc(Cl)c3)C(=O)[C@@]2(Cc2ccc(OC(F)(F)F)cc2)C1. The largest absolute Gasteiger partial charge is 0.573 e. The number of pyridine rings is 1. The van der Waals surface area contributed by atoms with E-state index in [0.717, 1.165) is 17.0 Å². The number of azide groups is 1. The number of rotatable bonds is 5. The number of anilines is 1. The molecule has 172 valence electrons. The molecule has 0 aliphatic carbocycles. The third kappa shape index (κ3) is 4.37. The number of ether oxygens (including phenoxy) is 1.